The van der Waals surface area contributed by atoms with Gasteiger partial charge in [-0.15, -0.1) is 0 Å². The van der Waals surface area contributed by atoms with Gasteiger partial charge in [0.25, 0.3) is 0 Å². The Hall–Kier alpha value is -1.88. The van der Waals surface area contributed by atoms with E-state index in [0.717, 1.165) is 63.8 Å². The van der Waals surface area contributed by atoms with E-state index in [9.17, 15) is 4.79 Å². The number of aromatic nitrogens is 2. The predicted octanol–water partition coefficient (Wildman–Crippen LogP) is 2.76. The zero-order chi connectivity index (χ0) is 17.2. The van der Waals surface area contributed by atoms with Crippen molar-refractivity contribution in [3.8, 4) is 0 Å². The fourth-order valence-electron chi connectivity index (χ4n) is 4.42. The Kier molecular flexibility index (Phi) is 4.75. The normalized spacial score (nSPS) is 20.3. The molecular formula is C20H28N4O. The van der Waals surface area contributed by atoms with E-state index in [1.54, 1.807) is 0 Å². The summed E-state index contributed by atoms with van der Waals surface area (Å²) >= 11 is 0. The first-order valence-corrected chi connectivity index (χ1v) is 9.73. The predicted molar refractivity (Wildman–Crippen MR) is 99.6 cm³/mol. The molecule has 3 heterocycles. The molecule has 1 aromatic heterocycles. The molecular weight excluding hydrogens is 312 g/mol. The third-order valence-corrected chi connectivity index (χ3v) is 5.81. The lowest BCUT2D eigenvalue weighted by Crippen LogP contribution is -2.45. The Morgan fingerprint density at radius 3 is 2.60 bits per heavy atom. The van der Waals surface area contributed by atoms with Crippen LogP contribution in [0.1, 0.15) is 44.5 Å². The summed E-state index contributed by atoms with van der Waals surface area (Å²) in [6.45, 7) is 5.89. The quantitative estimate of drug-likeness (QED) is 0.935. The standard InChI is InChI=1S/C20H28N4O/c1-2-19-22-17-5-3-4-6-18(17)24(19)16-9-13-23(14-10-16)20(25)15-7-11-21-12-8-15/h3-6,15-16,21H,2,7-14H2,1H3. The van der Waals surface area contributed by atoms with Crippen molar-refractivity contribution in [1.29, 1.82) is 0 Å². The molecule has 5 nitrogen and oxygen atoms in total. The molecule has 2 saturated heterocycles. The molecule has 4 rings (SSSR count). The van der Waals surface area contributed by atoms with Crippen LogP contribution in [0.4, 0.5) is 0 Å². The summed E-state index contributed by atoms with van der Waals surface area (Å²) in [6.07, 6.45) is 4.99. The molecule has 0 saturated carbocycles. The second-order valence-electron chi connectivity index (χ2n) is 7.32. The van der Waals surface area contributed by atoms with Crippen molar-refractivity contribution < 1.29 is 4.79 Å². The van der Waals surface area contributed by atoms with Crippen LogP contribution in [-0.4, -0.2) is 46.5 Å². The Balaban J connectivity index is 1.48. The zero-order valence-corrected chi connectivity index (χ0v) is 15.1. The van der Waals surface area contributed by atoms with E-state index < -0.39 is 0 Å². The summed E-state index contributed by atoms with van der Waals surface area (Å²) < 4.78 is 2.43. The average molecular weight is 340 g/mol. The van der Waals surface area contributed by atoms with Crippen LogP contribution in [0.5, 0.6) is 0 Å². The van der Waals surface area contributed by atoms with Gasteiger partial charge >= 0.3 is 0 Å². The molecule has 134 valence electrons. The van der Waals surface area contributed by atoms with Gasteiger partial charge in [-0.1, -0.05) is 19.1 Å². The monoisotopic (exact) mass is 340 g/mol. The van der Waals surface area contributed by atoms with Gasteiger partial charge in [0.1, 0.15) is 5.82 Å². The number of para-hydroxylation sites is 2. The number of fused-ring (bicyclic) bond motifs is 1. The molecule has 0 spiro atoms. The maximum absolute atomic E-state index is 12.8. The fourth-order valence-corrected chi connectivity index (χ4v) is 4.42. The lowest BCUT2D eigenvalue weighted by atomic mass is 9.94. The smallest absolute Gasteiger partial charge is 0.225 e. The van der Waals surface area contributed by atoms with Crippen LogP contribution >= 0.6 is 0 Å². The Morgan fingerprint density at radius 1 is 1.16 bits per heavy atom. The van der Waals surface area contributed by atoms with Gasteiger partial charge in [0.15, 0.2) is 0 Å². The lowest BCUT2D eigenvalue weighted by molar-refractivity contribution is -0.137. The average Bonchev–Trinajstić information content (AvgIpc) is 3.07. The minimum Gasteiger partial charge on any atom is -0.342 e. The molecule has 5 heteroatoms. The van der Waals surface area contributed by atoms with Crippen LogP contribution in [0.2, 0.25) is 0 Å². The van der Waals surface area contributed by atoms with E-state index in [1.807, 2.05) is 0 Å². The van der Waals surface area contributed by atoms with E-state index in [2.05, 4.69) is 46.0 Å². The van der Waals surface area contributed by atoms with Crippen LogP contribution in [0.25, 0.3) is 11.0 Å². The van der Waals surface area contributed by atoms with Gasteiger partial charge in [-0.2, -0.15) is 0 Å². The van der Waals surface area contributed by atoms with Gasteiger partial charge in [-0.25, -0.2) is 4.98 Å². The molecule has 2 fully saturated rings. The fraction of sp³-hybridized carbons (Fsp3) is 0.600. The molecule has 0 bridgehead atoms. The number of carbonyl (C=O) groups is 1. The topological polar surface area (TPSA) is 50.2 Å². The second kappa shape index (κ2) is 7.16. The summed E-state index contributed by atoms with van der Waals surface area (Å²) in [5, 5.41) is 3.35. The van der Waals surface area contributed by atoms with E-state index >= 15 is 0 Å². The zero-order valence-electron chi connectivity index (χ0n) is 15.1. The molecule has 1 amide bonds. The first-order valence-electron chi connectivity index (χ1n) is 9.73. The highest BCUT2D eigenvalue weighted by Gasteiger charge is 2.30. The number of nitrogens with one attached hydrogen (secondary N) is 1. The van der Waals surface area contributed by atoms with Crippen LogP contribution in [-0.2, 0) is 11.2 Å². The van der Waals surface area contributed by atoms with Crippen LogP contribution in [0.3, 0.4) is 0 Å². The van der Waals surface area contributed by atoms with E-state index in [4.69, 9.17) is 4.98 Å². The van der Waals surface area contributed by atoms with E-state index in [1.165, 1.54) is 11.3 Å². The van der Waals surface area contributed by atoms with Crippen LogP contribution < -0.4 is 5.32 Å². The molecule has 0 aliphatic carbocycles. The molecule has 1 N–H and O–H groups in total. The molecule has 2 aromatic rings. The van der Waals surface area contributed by atoms with Crippen molar-refractivity contribution in [1.82, 2.24) is 19.8 Å². The number of rotatable bonds is 3. The number of piperidine rings is 2. The Bertz CT molecular complexity index is 739. The molecule has 1 aromatic carbocycles. The SMILES string of the molecule is CCc1nc2ccccc2n1C1CCN(C(=O)C2CCNCC2)CC1. The maximum Gasteiger partial charge on any atom is 0.225 e. The highest BCUT2D eigenvalue weighted by molar-refractivity contribution is 5.79. The first-order chi connectivity index (χ1) is 12.3. The summed E-state index contributed by atoms with van der Waals surface area (Å²) in [5.74, 6) is 1.79. The number of aryl methyl sites for hydroxylation is 1. The van der Waals surface area contributed by atoms with Crippen molar-refractivity contribution in [3.63, 3.8) is 0 Å². The van der Waals surface area contributed by atoms with Gasteiger partial charge in [-0.3, -0.25) is 4.79 Å². The van der Waals surface area contributed by atoms with Gasteiger partial charge < -0.3 is 14.8 Å². The molecule has 2 aliphatic rings. The number of carbonyl (C=O) groups excluding carboxylic acids is 1. The summed E-state index contributed by atoms with van der Waals surface area (Å²) in [5.41, 5.74) is 2.33. The highest BCUT2D eigenvalue weighted by Crippen LogP contribution is 2.30. The molecule has 0 atom stereocenters. The molecule has 0 radical (unpaired) electrons. The largest absolute Gasteiger partial charge is 0.342 e. The summed E-state index contributed by atoms with van der Waals surface area (Å²) in [6, 6.07) is 8.88. The number of benzene rings is 1. The summed E-state index contributed by atoms with van der Waals surface area (Å²) in [4.78, 5) is 19.7. The Labute approximate surface area is 149 Å². The van der Waals surface area contributed by atoms with Gasteiger partial charge in [0.2, 0.25) is 5.91 Å². The third kappa shape index (κ3) is 3.17. The van der Waals surface area contributed by atoms with Crippen molar-refractivity contribution in [2.45, 2.75) is 45.1 Å². The minimum absolute atomic E-state index is 0.234. The van der Waals surface area contributed by atoms with E-state index in [0.29, 0.717) is 11.9 Å². The second-order valence-corrected chi connectivity index (χ2v) is 7.32. The van der Waals surface area contributed by atoms with E-state index in [-0.39, 0.29) is 5.92 Å². The number of nitrogens with zero attached hydrogens (tertiary/aromatic N) is 3. The van der Waals surface area contributed by atoms with Crippen molar-refractivity contribution in [3.05, 3.63) is 30.1 Å². The number of amides is 1. The highest BCUT2D eigenvalue weighted by atomic mass is 16.2. The van der Waals surface area contributed by atoms with Crippen molar-refractivity contribution >= 4 is 16.9 Å². The number of hydrogen-bond donors (Lipinski definition) is 1. The van der Waals surface area contributed by atoms with Crippen LogP contribution in [0.15, 0.2) is 24.3 Å². The van der Waals surface area contributed by atoms with Gasteiger partial charge in [-0.05, 0) is 50.9 Å². The van der Waals surface area contributed by atoms with Crippen molar-refractivity contribution in [2.24, 2.45) is 5.92 Å². The van der Waals surface area contributed by atoms with Gasteiger partial charge in [0.05, 0.1) is 11.0 Å². The van der Waals surface area contributed by atoms with Crippen LogP contribution in [0, 0.1) is 5.92 Å². The molecule has 0 unspecified atom stereocenters. The molecule has 25 heavy (non-hydrogen) atoms. The summed E-state index contributed by atoms with van der Waals surface area (Å²) in [7, 11) is 0. The minimum atomic E-state index is 0.234. The number of imidazole rings is 1. The van der Waals surface area contributed by atoms with Gasteiger partial charge in [0, 0.05) is 31.5 Å². The number of hydrogen-bond acceptors (Lipinski definition) is 3. The first kappa shape index (κ1) is 16.6. The third-order valence-electron chi connectivity index (χ3n) is 5.81. The van der Waals surface area contributed by atoms with Crippen molar-refractivity contribution in [2.75, 3.05) is 26.2 Å². The Morgan fingerprint density at radius 2 is 1.88 bits per heavy atom. The molecule has 2 aliphatic heterocycles. The number of likely N-dealkylation sites (tertiary alicyclic amines) is 1. The lowest BCUT2D eigenvalue weighted by Gasteiger charge is -2.36. The maximum atomic E-state index is 12.8.